The molecule has 0 radical (unpaired) electrons. The average molecular weight is 254 g/mol. The molecule has 0 spiro atoms. The number of hydrogen-bond acceptors (Lipinski definition) is 3. The second-order valence-electron chi connectivity index (χ2n) is 4.13. The van der Waals surface area contributed by atoms with Crippen LogP contribution in [0.15, 0.2) is 24.3 Å². The van der Waals surface area contributed by atoms with Gasteiger partial charge in [-0.25, -0.2) is 0 Å². The Bertz CT molecular complexity index is 408. The first-order chi connectivity index (χ1) is 8.22. The minimum atomic E-state index is -0.123. The van der Waals surface area contributed by atoms with Crippen LogP contribution in [0.5, 0.6) is 0 Å². The van der Waals surface area contributed by atoms with Gasteiger partial charge < -0.3 is 10.1 Å². The maximum Gasteiger partial charge on any atom is 0.310 e. The Morgan fingerprint density at radius 1 is 1.59 bits per heavy atom. The van der Waals surface area contributed by atoms with Crippen molar-refractivity contribution in [3.05, 3.63) is 34.9 Å². The molecule has 92 valence electrons. The molecule has 1 aromatic carbocycles. The molecule has 0 saturated carbocycles. The Labute approximate surface area is 106 Å². The summed E-state index contributed by atoms with van der Waals surface area (Å²) in [6, 6.07) is 7.64. The lowest BCUT2D eigenvalue weighted by Gasteiger charge is -2.18. The predicted octanol–water partition coefficient (Wildman–Crippen LogP) is 2.55. The number of ether oxygens (including phenoxy) is 1. The molecule has 1 N–H and O–H groups in total. The summed E-state index contributed by atoms with van der Waals surface area (Å²) in [5, 5.41) is 4.02. The summed E-state index contributed by atoms with van der Waals surface area (Å²) in [4.78, 5) is 11.8. The smallest absolute Gasteiger partial charge is 0.310 e. The van der Waals surface area contributed by atoms with Crippen LogP contribution < -0.4 is 5.32 Å². The fourth-order valence-corrected chi connectivity index (χ4v) is 2.46. The summed E-state index contributed by atoms with van der Waals surface area (Å²) >= 11 is 5.97. The standard InChI is InChI=1S/C13H16ClNO2/c1-2-17-13(16)11-6-7-15-12(11)9-4-3-5-10(14)8-9/h3-5,8,11-12,15H,2,6-7H2,1H3/t11-,12+/m1/s1. The third kappa shape index (κ3) is 2.79. The van der Waals surface area contributed by atoms with Crippen molar-refractivity contribution in [2.45, 2.75) is 19.4 Å². The second kappa shape index (κ2) is 5.52. The van der Waals surface area contributed by atoms with Crippen LogP contribution in [-0.2, 0) is 9.53 Å². The van der Waals surface area contributed by atoms with Crippen molar-refractivity contribution in [3.8, 4) is 0 Å². The van der Waals surface area contributed by atoms with E-state index in [-0.39, 0.29) is 17.9 Å². The molecule has 0 aromatic heterocycles. The number of esters is 1. The van der Waals surface area contributed by atoms with Gasteiger partial charge in [0, 0.05) is 11.1 Å². The first kappa shape index (κ1) is 12.4. The lowest BCUT2D eigenvalue weighted by Crippen LogP contribution is -2.25. The lowest BCUT2D eigenvalue weighted by atomic mass is 9.94. The fourth-order valence-electron chi connectivity index (χ4n) is 2.26. The van der Waals surface area contributed by atoms with E-state index in [1.165, 1.54) is 0 Å². The molecule has 0 amide bonds. The molecule has 2 atom stereocenters. The van der Waals surface area contributed by atoms with Crippen molar-refractivity contribution in [1.82, 2.24) is 5.32 Å². The Balaban J connectivity index is 2.17. The first-order valence-corrected chi connectivity index (χ1v) is 6.25. The summed E-state index contributed by atoms with van der Waals surface area (Å²) in [5.41, 5.74) is 1.05. The van der Waals surface area contributed by atoms with E-state index in [0.717, 1.165) is 18.5 Å². The van der Waals surface area contributed by atoms with Crippen molar-refractivity contribution in [2.75, 3.05) is 13.2 Å². The van der Waals surface area contributed by atoms with E-state index >= 15 is 0 Å². The van der Waals surface area contributed by atoms with Crippen LogP contribution in [0.25, 0.3) is 0 Å². The number of halogens is 1. The minimum Gasteiger partial charge on any atom is -0.466 e. The van der Waals surface area contributed by atoms with Crippen LogP contribution in [-0.4, -0.2) is 19.1 Å². The number of rotatable bonds is 3. The third-order valence-electron chi connectivity index (χ3n) is 3.02. The summed E-state index contributed by atoms with van der Waals surface area (Å²) < 4.78 is 5.10. The lowest BCUT2D eigenvalue weighted by molar-refractivity contribution is -0.148. The van der Waals surface area contributed by atoms with Gasteiger partial charge >= 0.3 is 5.97 Å². The number of carbonyl (C=O) groups excluding carboxylic acids is 1. The predicted molar refractivity (Wildman–Crippen MR) is 66.9 cm³/mol. The Hall–Kier alpha value is -1.06. The quantitative estimate of drug-likeness (QED) is 0.842. The van der Waals surface area contributed by atoms with Crippen LogP contribution in [0, 0.1) is 5.92 Å². The van der Waals surface area contributed by atoms with Crippen LogP contribution in [0.3, 0.4) is 0 Å². The van der Waals surface area contributed by atoms with Crippen LogP contribution in [0.2, 0.25) is 5.02 Å². The topological polar surface area (TPSA) is 38.3 Å². The molecule has 0 aliphatic carbocycles. The molecule has 1 saturated heterocycles. The van der Waals surface area contributed by atoms with Gasteiger partial charge in [0.2, 0.25) is 0 Å². The monoisotopic (exact) mass is 253 g/mol. The maximum absolute atomic E-state index is 11.8. The molecule has 2 rings (SSSR count). The molecule has 1 heterocycles. The Kier molecular flexibility index (Phi) is 4.02. The van der Waals surface area contributed by atoms with E-state index < -0.39 is 0 Å². The normalized spacial score (nSPS) is 23.6. The van der Waals surface area contributed by atoms with Crippen molar-refractivity contribution < 1.29 is 9.53 Å². The second-order valence-corrected chi connectivity index (χ2v) is 4.57. The fraction of sp³-hybridized carbons (Fsp3) is 0.462. The zero-order valence-electron chi connectivity index (χ0n) is 9.78. The Morgan fingerprint density at radius 3 is 3.12 bits per heavy atom. The zero-order chi connectivity index (χ0) is 12.3. The van der Waals surface area contributed by atoms with E-state index in [1.54, 1.807) is 0 Å². The Morgan fingerprint density at radius 2 is 2.41 bits per heavy atom. The van der Waals surface area contributed by atoms with E-state index in [9.17, 15) is 4.79 Å². The molecule has 1 aliphatic heterocycles. The third-order valence-corrected chi connectivity index (χ3v) is 3.25. The van der Waals surface area contributed by atoms with Crippen LogP contribution in [0.4, 0.5) is 0 Å². The van der Waals surface area contributed by atoms with Gasteiger partial charge in [-0.3, -0.25) is 4.79 Å². The van der Waals surface area contributed by atoms with Gasteiger partial charge in [0.1, 0.15) is 0 Å². The largest absolute Gasteiger partial charge is 0.466 e. The molecule has 3 nitrogen and oxygen atoms in total. The molecular formula is C13H16ClNO2. The van der Waals surface area contributed by atoms with Crippen LogP contribution in [0.1, 0.15) is 24.9 Å². The molecule has 17 heavy (non-hydrogen) atoms. The van der Waals surface area contributed by atoms with Gasteiger partial charge in [-0.05, 0) is 37.6 Å². The van der Waals surface area contributed by atoms with Crippen molar-refractivity contribution in [2.24, 2.45) is 5.92 Å². The molecular weight excluding hydrogens is 238 g/mol. The van der Waals surface area contributed by atoms with E-state index in [2.05, 4.69) is 5.32 Å². The highest BCUT2D eigenvalue weighted by molar-refractivity contribution is 6.30. The summed E-state index contributed by atoms with van der Waals surface area (Å²) in [6.45, 7) is 3.09. The number of carbonyl (C=O) groups is 1. The summed E-state index contributed by atoms with van der Waals surface area (Å²) in [5.74, 6) is -0.226. The minimum absolute atomic E-state index is 0.0211. The van der Waals surface area contributed by atoms with Crippen LogP contribution >= 0.6 is 11.6 Å². The van der Waals surface area contributed by atoms with Gasteiger partial charge in [0.15, 0.2) is 0 Å². The van der Waals surface area contributed by atoms with Crippen molar-refractivity contribution in [3.63, 3.8) is 0 Å². The van der Waals surface area contributed by atoms with Crippen molar-refractivity contribution >= 4 is 17.6 Å². The number of benzene rings is 1. The van der Waals surface area contributed by atoms with Gasteiger partial charge in [0.05, 0.1) is 12.5 Å². The van der Waals surface area contributed by atoms with Gasteiger partial charge in [-0.15, -0.1) is 0 Å². The molecule has 0 unspecified atom stereocenters. The van der Waals surface area contributed by atoms with E-state index in [4.69, 9.17) is 16.3 Å². The molecule has 1 aromatic rings. The highest BCUT2D eigenvalue weighted by atomic mass is 35.5. The average Bonchev–Trinajstić information content (AvgIpc) is 2.78. The summed E-state index contributed by atoms with van der Waals surface area (Å²) in [7, 11) is 0. The first-order valence-electron chi connectivity index (χ1n) is 5.88. The van der Waals surface area contributed by atoms with Gasteiger partial charge in [0.25, 0.3) is 0 Å². The van der Waals surface area contributed by atoms with E-state index in [0.29, 0.717) is 11.6 Å². The zero-order valence-corrected chi connectivity index (χ0v) is 10.5. The molecule has 1 aliphatic rings. The van der Waals surface area contributed by atoms with Gasteiger partial charge in [-0.1, -0.05) is 23.7 Å². The summed E-state index contributed by atoms with van der Waals surface area (Å²) in [6.07, 6.45) is 0.815. The molecule has 4 heteroatoms. The SMILES string of the molecule is CCOC(=O)[C@@H]1CCN[C@H]1c1cccc(Cl)c1. The highest BCUT2D eigenvalue weighted by Crippen LogP contribution is 2.31. The highest BCUT2D eigenvalue weighted by Gasteiger charge is 2.34. The number of nitrogens with one attached hydrogen (secondary N) is 1. The number of hydrogen-bond donors (Lipinski definition) is 1. The molecule has 0 bridgehead atoms. The molecule has 1 fully saturated rings. The van der Waals surface area contributed by atoms with Gasteiger partial charge in [-0.2, -0.15) is 0 Å². The van der Waals surface area contributed by atoms with Crippen molar-refractivity contribution in [1.29, 1.82) is 0 Å². The maximum atomic E-state index is 11.8. The van der Waals surface area contributed by atoms with E-state index in [1.807, 2.05) is 31.2 Å².